The van der Waals surface area contributed by atoms with E-state index in [-0.39, 0.29) is 18.0 Å². The van der Waals surface area contributed by atoms with Gasteiger partial charge in [0.15, 0.2) is 0 Å². The van der Waals surface area contributed by atoms with E-state index in [1.54, 1.807) is 0 Å². The summed E-state index contributed by atoms with van der Waals surface area (Å²) in [5.74, 6) is -1.47. The first-order valence-corrected chi connectivity index (χ1v) is 7.81. The predicted octanol–water partition coefficient (Wildman–Crippen LogP) is 2.40. The summed E-state index contributed by atoms with van der Waals surface area (Å²) < 4.78 is 42.4. The standard InChI is InChI=1S/C14H13F3N2O4S/c15-14(16,17)8-2-1-3-9(6-8)18-11(20)7-24-13(22)19-10-4-5-23-12(10)21/h1-3,6,10H,4-5,7H2,(H,18,20)(H,19,22)/t10-/m0/s1. The fourth-order valence-electron chi connectivity index (χ4n) is 1.91. The number of carbonyl (C=O) groups excluding carboxylic acids is 3. The van der Waals surface area contributed by atoms with Crippen LogP contribution in [0, 0.1) is 0 Å². The Morgan fingerprint density at radius 1 is 1.33 bits per heavy atom. The smallest absolute Gasteiger partial charge is 0.416 e. The number of hydrogen-bond acceptors (Lipinski definition) is 5. The van der Waals surface area contributed by atoms with Crippen molar-refractivity contribution in [1.29, 1.82) is 0 Å². The van der Waals surface area contributed by atoms with Gasteiger partial charge >= 0.3 is 12.1 Å². The lowest BCUT2D eigenvalue weighted by Crippen LogP contribution is -2.36. The van der Waals surface area contributed by atoms with Crippen molar-refractivity contribution < 1.29 is 32.3 Å². The zero-order valence-electron chi connectivity index (χ0n) is 12.2. The summed E-state index contributed by atoms with van der Waals surface area (Å²) in [6.45, 7) is 0.227. The molecule has 0 saturated carbocycles. The van der Waals surface area contributed by atoms with Crippen LogP contribution in [-0.2, 0) is 20.5 Å². The summed E-state index contributed by atoms with van der Waals surface area (Å²) in [5.41, 5.74) is -0.902. The third kappa shape index (κ3) is 5.15. The molecule has 1 aromatic rings. The molecule has 0 aromatic heterocycles. The third-order valence-electron chi connectivity index (χ3n) is 3.04. The zero-order chi connectivity index (χ0) is 17.7. The van der Waals surface area contributed by atoms with Gasteiger partial charge in [-0.05, 0) is 18.2 Å². The average Bonchev–Trinajstić information content (AvgIpc) is 2.90. The second-order valence-corrected chi connectivity index (χ2v) is 5.80. The van der Waals surface area contributed by atoms with E-state index in [1.807, 2.05) is 0 Å². The topological polar surface area (TPSA) is 84.5 Å². The van der Waals surface area contributed by atoms with E-state index in [0.29, 0.717) is 18.2 Å². The SMILES string of the molecule is O=C(CSC(=O)N[C@H]1CCOC1=O)Nc1cccc(C(F)(F)F)c1. The number of hydrogen-bond donors (Lipinski definition) is 2. The first-order chi connectivity index (χ1) is 11.3. The zero-order valence-corrected chi connectivity index (χ0v) is 13.0. The lowest BCUT2D eigenvalue weighted by Gasteiger charge is -2.10. The molecule has 1 aromatic carbocycles. The molecule has 130 valence electrons. The second-order valence-electron chi connectivity index (χ2n) is 4.86. The number of carbonyl (C=O) groups is 3. The highest BCUT2D eigenvalue weighted by Crippen LogP contribution is 2.30. The minimum atomic E-state index is -4.51. The quantitative estimate of drug-likeness (QED) is 0.804. The van der Waals surface area contributed by atoms with Crippen molar-refractivity contribution in [3.8, 4) is 0 Å². The number of cyclic esters (lactones) is 1. The van der Waals surface area contributed by atoms with Crippen LogP contribution >= 0.6 is 11.8 Å². The molecule has 10 heteroatoms. The number of thioether (sulfide) groups is 1. The van der Waals surface area contributed by atoms with Crippen LogP contribution in [0.2, 0.25) is 0 Å². The molecule has 2 rings (SSSR count). The summed E-state index contributed by atoms with van der Waals surface area (Å²) in [6, 6.07) is 3.45. The monoisotopic (exact) mass is 362 g/mol. The van der Waals surface area contributed by atoms with Gasteiger partial charge in [-0.1, -0.05) is 17.8 Å². The Bertz CT molecular complexity index is 651. The first-order valence-electron chi connectivity index (χ1n) is 6.83. The van der Waals surface area contributed by atoms with Crippen LogP contribution in [0.5, 0.6) is 0 Å². The number of halogens is 3. The number of amides is 2. The minimum absolute atomic E-state index is 0.0183. The minimum Gasteiger partial charge on any atom is -0.464 e. The van der Waals surface area contributed by atoms with E-state index in [9.17, 15) is 27.6 Å². The van der Waals surface area contributed by atoms with Crippen molar-refractivity contribution in [2.24, 2.45) is 0 Å². The molecule has 1 aliphatic heterocycles. The maximum absolute atomic E-state index is 12.6. The van der Waals surface area contributed by atoms with E-state index in [2.05, 4.69) is 15.4 Å². The Labute approximate surface area is 139 Å². The number of rotatable bonds is 4. The van der Waals surface area contributed by atoms with Crippen LogP contribution in [0.25, 0.3) is 0 Å². The molecule has 1 aliphatic rings. The maximum atomic E-state index is 12.6. The predicted molar refractivity (Wildman–Crippen MR) is 80.4 cm³/mol. The molecule has 0 bridgehead atoms. The highest BCUT2D eigenvalue weighted by Gasteiger charge is 2.30. The van der Waals surface area contributed by atoms with E-state index < -0.39 is 34.9 Å². The van der Waals surface area contributed by atoms with Crippen molar-refractivity contribution in [1.82, 2.24) is 5.32 Å². The van der Waals surface area contributed by atoms with Gasteiger partial charge in [0.2, 0.25) is 5.91 Å². The molecular formula is C14H13F3N2O4S. The number of esters is 1. The molecule has 1 saturated heterocycles. The van der Waals surface area contributed by atoms with E-state index in [1.165, 1.54) is 12.1 Å². The summed E-state index contributed by atoms with van der Waals surface area (Å²) in [7, 11) is 0. The van der Waals surface area contributed by atoms with Gasteiger partial charge in [0.05, 0.1) is 17.9 Å². The number of ether oxygens (including phenoxy) is 1. The van der Waals surface area contributed by atoms with E-state index in [0.717, 1.165) is 12.1 Å². The Morgan fingerprint density at radius 3 is 2.71 bits per heavy atom. The van der Waals surface area contributed by atoms with Gasteiger partial charge in [0, 0.05) is 12.1 Å². The van der Waals surface area contributed by atoms with Crippen LogP contribution in [0.15, 0.2) is 24.3 Å². The molecule has 1 heterocycles. The Kier molecular flexibility index (Phi) is 5.71. The summed E-state index contributed by atoms with van der Waals surface area (Å²) in [6.07, 6.45) is -4.15. The highest BCUT2D eigenvalue weighted by atomic mass is 32.2. The normalized spacial score (nSPS) is 17.3. The summed E-state index contributed by atoms with van der Waals surface area (Å²) in [5, 5.41) is 4.09. The first kappa shape index (κ1) is 18.1. The fraction of sp³-hybridized carbons (Fsp3) is 0.357. The Morgan fingerprint density at radius 2 is 2.08 bits per heavy atom. The van der Waals surface area contributed by atoms with Crippen LogP contribution in [0.3, 0.4) is 0 Å². The number of anilines is 1. The molecule has 0 unspecified atom stereocenters. The van der Waals surface area contributed by atoms with Gasteiger partial charge < -0.3 is 15.4 Å². The van der Waals surface area contributed by atoms with Gasteiger partial charge in [-0.3, -0.25) is 9.59 Å². The number of alkyl halides is 3. The van der Waals surface area contributed by atoms with Crippen molar-refractivity contribution >= 4 is 34.6 Å². The van der Waals surface area contributed by atoms with E-state index in [4.69, 9.17) is 0 Å². The van der Waals surface area contributed by atoms with Crippen LogP contribution in [0.1, 0.15) is 12.0 Å². The van der Waals surface area contributed by atoms with Crippen LogP contribution < -0.4 is 10.6 Å². The molecule has 2 N–H and O–H groups in total. The molecule has 24 heavy (non-hydrogen) atoms. The lowest BCUT2D eigenvalue weighted by molar-refractivity contribution is -0.139. The molecule has 1 fully saturated rings. The van der Waals surface area contributed by atoms with Crippen molar-refractivity contribution in [3.63, 3.8) is 0 Å². The summed E-state index contributed by atoms with van der Waals surface area (Å²) >= 11 is 0.610. The van der Waals surface area contributed by atoms with E-state index >= 15 is 0 Å². The van der Waals surface area contributed by atoms with Crippen LogP contribution in [0.4, 0.5) is 23.7 Å². The largest absolute Gasteiger partial charge is 0.464 e. The van der Waals surface area contributed by atoms with Gasteiger partial charge in [-0.2, -0.15) is 13.2 Å². The second kappa shape index (κ2) is 7.56. The number of nitrogens with one attached hydrogen (secondary N) is 2. The maximum Gasteiger partial charge on any atom is 0.416 e. The lowest BCUT2D eigenvalue weighted by atomic mass is 10.2. The molecular weight excluding hydrogens is 349 g/mol. The van der Waals surface area contributed by atoms with Crippen molar-refractivity contribution in [2.75, 3.05) is 17.7 Å². The summed E-state index contributed by atoms with van der Waals surface area (Å²) in [4.78, 5) is 34.5. The average molecular weight is 362 g/mol. The molecule has 0 radical (unpaired) electrons. The van der Waals surface area contributed by atoms with Crippen LogP contribution in [-0.4, -0.2) is 35.5 Å². The highest BCUT2D eigenvalue weighted by molar-refractivity contribution is 8.14. The Balaban J connectivity index is 1.81. The molecule has 1 atom stereocenters. The number of benzene rings is 1. The van der Waals surface area contributed by atoms with Gasteiger partial charge in [-0.15, -0.1) is 0 Å². The molecule has 6 nitrogen and oxygen atoms in total. The van der Waals surface area contributed by atoms with Gasteiger partial charge in [-0.25, -0.2) is 4.79 Å². The van der Waals surface area contributed by atoms with Gasteiger partial charge in [0.25, 0.3) is 5.24 Å². The van der Waals surface area contributed by atoms with Gasteiger partial charge in [0.1, 0.15) is 6.04 Å². The fourth-order valence-corrected chi connectivity index (χ4v) is 2.47. The third-order valence-corrected chi connectivity index (χ3v) is 3.82. The molecule has 0 spiro atoms. The van der Waals surface area contributed by atoms with Crippen molar-refractivity contribution in [2.45, 2.75) is 18.6 Å². The molecule has 2 amide bonds. The molecule has 0 aliphatic carbocycles. The Hall–Kier alpha value is -2.23. The van der Waals surface area contributed by atoms with Crippen molar-refractivity contribution in [3.05, 3.63) is 29.8 Å².